The third-order valence-electron chi connectivity index (χ3n) is 3.65. The molecule has 0 bridgehead atoms. The van der Waals surface area contributed by atoms with Crippen LogP contribution in [0.3, 0.4) is 0 Å². The molecule has 3 rings (SSSR count). The molecule has 0 amide bonds. The predicted molar refractivity (Wildman–Crippen MR) is 52.1 cm³/mol. The van der Waals surface area contributed by atoms with E-state index in [1.165, 1.54) is 32.1 Å². The number of aliphatic imine (C=N–C) groups is 1. The number of hydrazine groups is 1. The average Bonchev–Trinajstić information content (AvgIpc) is 3.04. The van der Waals surface area contributed by atoms with Gasteiger partial charge in [-0.3, -0.25) is 4.99 Å². The van der Waals surface area contributed by atoms with E-state index in [9.17, 15) is 0 Å². The van der Waals surface area contributed by atoms with Crippen molar-refractivity contribution in [2.24, 2.45) is 28.6 Å². The second-order valence-electron chi connectivity index (χ2n) is 4.81. The summed E-state index contributed by atoms with van der Waals surface area (Å²) in [4.78, 5) is 4.62. The van der Waals surface area contributed by atoms with Crippen LogP contribution in [-0.2, 0) is 0 Å². The highest BCUT2D eigenvalue weighted by atomic mass is 15.3. The molecular formula is C10H17N3. The van der Waals surface area contributed by atoms with Crippen LogP contribution in [0.1, 0.15) is 32.1 Å². The van der Waals surface area contributed by atoms with Crippen LogP contribution in [0.5, 0.6) is 0 Å². The van der Waals surface area contributed by atoms with Crippen molar-refractivity contribution in [1.82, 2.24) is 5.43 Å². The molecular weight excluding hydrogens is 162 g/mol. The zero-order valence-electron chi connectivity index (χ0n) is 7.87. The van der Waals surface area contributed by atoms with Crippen LogP contribution in [0.25, 0.3) is 0 Å². The summed E-state index contributed by atoms with van der Waals surface area (Å²) >= 11 is 0. The van der Waals surface area contributed by atoms with Crippen molar-refractivity contribution in [3.8, 4) is 0 Å². The fourth-order valence-electron chi connectivity index (χ4n) is 2.60. The van der Waals surface area contributed by atoms with E-state index in [0.717, 1.165) is 17.7 Å². The van der Waals surface area contributed by atoms with E-state index >= 15 is 0 Å². The van der Waals surface area contributed by atoms with Crippen LogP contribution in [-0.4, -0.2) is 11.9 Å². The van der Waals surface area contributed by atoms with Crippen LogP contribution in [0.2, 0.25) is 0 Å². The number of nitrogens with zero attached hydrogens (tertiary/aromatic N) is 1. The van der Waals surface area contributed by atoms with Gasteiger partial charge in [-0.15, -0.1) is 0 Å². The SMILES string of the molecule is NNC(=NC1CC1)C1CC2CC2C1. The summed E-state index contributed by atoms with van der Waals surface area (Å²) in [6.45, 7) is 0. The molecule has 2 atom stereocenters. The van der Waals surface area contributed by atoms with E-state index in [1.807, 2.05) is 0 Å². The number of hydrogen-bond acceptors (Lipinski definition) is 2. The van der Waals surface area contributed by atoms with Gasteiger partial charge in [0.15, 0.2) is 0 Å². The van der Waals surface area contributed by atoms with Crippen molar-refractivity contribution in [2.75, 3.05) is 0 Å². The highest BCUT2D eigenvalue weighted by Crippen LogP contribution is 2.54. The van der Waals surface area contributed by atoms with Crippen LogP contribution < -0.4 is 11.3 Å². The largest absolute Gasteiger partial charge is 0.312 e. The number of amidine groups is 1. The molecule has 0 aromatic heterocycles. The monoisotopic (exact) mass is 179 g/mol. The highest BCUT2D eigenvalue weighted by Gasteiger charge is 2.47. The van der Waals surface area contributed by atoms with Gasteiger partial charge in [0.2, 0.25) is 0 Å². The minimum atomic E-state index is 0.600. The lowest BCUT2D eigenvalue weighted by Crippen LogP contribution is -2.36. The van der Waals surface area contributed by atoms with Gasteiger partial charge < -0.3 is 5.43 Å². The Bertz CT molecular complexity index is 235. The van der Waals surface area contributed by atoms with E-state index < -0.39 is 0 Å². The quantitative estimate of drug-likeness (QED) is 0.288. The first-order valence-corrected chi connectivity index (χ1v) is 5.41. The maximum atomic E-state index is 5.51. The minimum absolute atomic E-state index is 0.600. The zero-order valence-corrected chi connectivity index (χ0v) is 7.87. The third-order valence-corrected chi connectivity index (χ3v) is 3.65. The Balaban J connectivity index is 1.66. The maximum absolute atomic E-state index is 5.51. The summed E-state index contributed by atoms with van der Waals surface area (Å²) in [5.41, 5.74) is 2.81. The Labute approximate surface area is 78.8 Å². The van der Waals surface area contributed by atoms with Crippen molar-refractivity contribution < 1.29 is 0 Å². The van der Waals surface area contributed by atoms with Gasteiger partial charge in [-0.1, -0.05) is 0 Å². The van der Waals surface area contributed by atoms with Gasteiger partial charge >= 0.3 is 0 Å². The Morgan fingerprint density at radius 1 is 1.15 bits per heavy atom. The Morgan fingerprint density at radius 3 is 2.38 bits per heavy atom. The molecule has 0 radical (unpaired) electrons. The van der Waals surface area contributed by atoms with E-state index in [0.29, 0.717) is 12.0 Å². The number of nitrogens with one attached hydrogen (secondary N) is 1. The Hall–Kier alpha value is -0.570. The summed E-state index contributed by atoms with van der Waals surface area (Å²) in [6, 6.07) is 0.600. The van der Waals surface area contributed by atoms with Gasteiger partial charge in [0.25, 0.3) is 0 Å². The lowest BCUT2D eigenvalue weighted by Gasteiger charge is -2.14. The van der Waals surface area contributed by atoms with Gasteiger partial charge in [-0.25, -0.2) is 5.84 Å². The molecule has 3 aliphatic carbocycles. The molecule has 2 unspecified atom stereocenters. The van der Waals surface area contributed by atoms with Crippen LogP contribution in [0.15, 0.2) is 4.99 Å². The fourth-order valence-corrected chi connectivity index (χ4v) is 2.60. The standard InChI is InChI=1S/C10H17N3/c11-13-10(12-9-1-2-9)8-4-6-3-7(6)5-8/h6-9H,1-5,11H2,(H,12,13). The molecule has 0 saturated heterocycles. The smallest absolute Gasteiger partial charge is 0.114 e. The average molecular weight is 179 g/mol. The number of nitrogens with two attached hydrogens (primary N) is 1. The fraction of sp³-hybridized carbons (Fsp3) is 0.900. The van der Waals surface area contributed by atoms with Crippen LogP contribution in [0, 0.1) is 17.8 Å². The zero-order chi connectivity index (χ0) is 8.84. The first kappa shape index (κ1) is 7.80. The number of rotatable bonds is 2. The van der Waals surface area contributed by atoms with Gasteiger partial charge in [0, 0.05) is 5.92 Å². The van der Waals surface area contributed by atoms with Gasteiger partial charge in [-0.05, 0) is 43.9 Å². The van der Waals surface area contributed by atoms with Crippen molar-refractivity contribution in [3.05, 3.63) is 0 Å². The molecule has 3 heteroatoms. The second-order valence-corrected chi connectivity index (χ2v) is 4.81. The molecule has 72 valence electrons. The lowest BCUT2D eigenvalue weighted by atomic mass is 10.0. The number of hydrogen-bond donors (Lipinski definition) is 2. The molecule has 0 spiro atoms. The topological polar surface area (TPSA) is 50.4 Å². The van der Waals surface area contributed by atoms with E-state index in [2.05, 4.69) is 10.4 Å². The molecule has 0 heterocycles. The van der Waals surface area contributed by atoms with Crippen molar-refractivity contribution >= 4 is 5.84 Å². The van der Waals surface area contributed by atoms with Gasteiger partial charge in [0.1, 0.15) is 5.84 Å². The molecule has 0 aromatic carbocycles. The lowest BCUT2D eigenvalue weighted by molar-refractivity contribution is 0.602. The third kappa shape index (κ3) is 1.46. The van der Waals surface area contributed by atoms with Crippen molar-refractivity contribution in [3.63, 3.8) is 0 Å². The van der Waals surface area contributed by atoms with Crippen molar-refractivity contribution in [2.45, 2.75) is 38.1 Å². The first-order valence-electron chi connectivity index (χ1n) is 5.41. The summed E-state index contributed by atoms with van der Waals surface area (Å²) in [6.07, 6.45) is 6.67. The molecule has 3 aliphatic rings. The maximum Gasteiger partial charge on any atom is 0.114 e. The summed E-state index contributed by atoms with van der Waals surface area (Å²) < 4.78 is 0. The van der Waals surface area contributed by atoms with Gasteiger partial charge in [0.05, 0.1) is 6.04 Å². The van der Waals surface area contributed by atoms with Crippen LogP contribution >= 0.6 is 0 Å². The van der Waals surface area contributed by atoms with Crippen LogP contribution in [0.4, 0.5) is 0 Å². The highest BCUT2D eigenvalue weighted by molar-refractivity contribution is 5.84. The Morgan fingerprint density at radius 2 is 1.85 bits per heavy atom. The van der Waals surface area contributed by atoms with Gasteiger partial charge in [-0.2, -0.15) is 0 Å². The molecule has 3 fully saturated rings. The molecule has 0 aliphatic heterocycles. The molecule has 13 heavy (non-hydrogen) atoms. The number of fused-ring (bicyclic) bond motifs is 1. The Kier molecular flexibility index (Phi) is 1.62. The normalized spacial score (nSPS) is 43.2. The summed E-state index contributed by atoms with van der Waals surface area (Å²) in [7, 11) is 0. The molecule has 3 nitrogen and oxygen atoms in total. The van der Waals surface area contributed by atoms with E-state index in [1.54, 1.807) is 0 Å². The summed E-state index contributed by atoms with van der Waals surface area (Å²) in [5.74, 6) is 9.29. The molecule has 3 N–H and O–H groups in total. The molecule has 0 aromatic rings. The predicted octanol–water partition coefficient (Wildman–Crippen LogP) is 1.06. The first-order chi connectivity index (χ1) is 6.36. The molecule has 3 saturated carbocycles. The second kappa shape index (κ2) is 2.71. The van der Waals surface area contributed by atoms with E-state index in [4.69, 9.17) is 5.84 Å². The minimum Gasteiger partial charge on any atom is -0.312 e. The van der Waals surface area contributed by atoms with Crippen molar-refractivity contribution in [1.29, 1.82) is 0 Å². The summed E-state index contributed by atoms with van der Waals surface area (Å²) in [5, 5.41) is 0. The van der Waals surface area contributed by atoms with E-state index in [-0.39, 0.29) is 0 Å².